The summed E-state index contributed by atoms with van der Waals surface area (Å²) in [6, 6.07) is 13.1. The molecule has 0 saturated carbocycles. The summed E-state index contributed by atoms with van der Waals surface area (Å²) < 4.78 is 11.8. The molecule has 0 fully saturated rings. The number of benzene rings is 1. The average Bonchev–Trinajstić information content (AvgIpc) is 3.27. The first-order chi connectivity index (χ1) is 15.0. The lowest BCUT2D eigenvalue weighted by molar-refractivity contribution is -0.104. The molecule has 0 aliphatic heterocycles. The van der Waals surface area contributed by atoms with Crippen molar-refractivity contribution < 1.29 is 19.7 Å². The predicted octanol–water partition coefficient (Wildman–Crippen LogP) is 3.16. The molecular weight excluding hydrogens is 416 g/mol. The minimum atomic E-state index is -0.816. The molecule has 0 amide bonds. The third-order valence-corrected chi connectivity index (χ3v) is 5.41. The van der Waals surface area contributed by atoms with E-state index in [0.29, 0.717) is 16.5 Å². The number of aliphatic hydroxyl groups is 2. The van der Waals surface area contributed by atoms with Gasteiger partial charge in [0.1, 0.15) is 35.9 Å². The van der Waals surface area contributed by atoms with E-state index in [0.717, 1.165) is 22.9 Å². The third-order valence-electron chi connectivity index (χ3n) is 4.70. The van der Waals surface area contributed by atoms with Gasteiger partial charge in [-0.2, -0.15) is 0 Å². The predicted molar refractivity (Wildman–Crippen MR) is 123 cm³/mol. The lowest BCUT2D eigenvalue weighted by Gasteiger charge is -2.25. The Morgan fingerprint density at radius 1 is 1.32 bits per heavy atom. The molecule has 8 nitrogen and oxygen atoms in total. The van der Waals surface area contributed by atoms with Crippen molar-refractivity contribution in [2.24, 2.45) is 4.99 Å². The van der Waals surface area contributed by atoms with Crippen molar-refractivity contribution in [2.45, 2.75) is 25.2 Å². The van der Waals surface area contributed by atoms with Crippen LogP contribution in [0.1, 0.15) is 24.4 Å². The Labute approximate surface area is 184 Å². The SMILES string of the molecule is CS/C(=N/C=N)c1ccc([C@@H](CO)O[C@H](COc2ccc3cccnc3c2)[C@H](C)O)[nH]1. The molecular formula is C22H26N4O4S. The molecule has 4 N–H and O–H groups in total. The molecule has 2 heterocycles. The monoisotopic (exact) mass is 442 g/mol. The zero-order valence-electron chi connectivity index (χ0n) is 17.4. The number of fused-ring (bicyclic) bond motifs is 1. The fourth-order valence-electron chi connectivity index (χ4n) is 3.05. The van der Waals surface area contributed by atoms with E-state index in [4.69, 9.17) is 14.9 Å². The van der Waals surface area contributed by atoms with Gasteiger partial charge >= 0.3 is 0 Å². The third kappa shape index (κ3) is 5.92. The number of thioether (sulfide) groups is 1. The summed E-state index contributed by atoms with van der Waals surface area (Å²) in [5.41, 5.74) is 2.18. The van der Waals surface area contributed by atoms with Crippen molar-refractivity contribution in [1.29, 1.82) is 5.41 Å². The molecule has 0 radical (unpaired) electrons. The Morgan fingerprint density at radius 3 is 2.87 bits per heavy atom. The first kappa shape index (κ1) is 23.0. The van der Waals surface area contributed by atoms with Crippen LogP contribution in [0.25, 0.3) is 10.9 Å². The second-order valence-corrected chi connectivity index (χ2v) is 7.65. The van der Waals surface area contributed by atoms with Crippen LogP contribution in [0.5, 0.6) is 5.75 Å². The smallest absolute Gasteiger partial charge is 0.121 e. The molecule has 0 spiro atoms. The number of aromatic nitrogens is 2. The van der Waals surface area contributed by atoms with Gasteiger partial charge in [-0.25, -0.2) is 4.99 Å². The number of hydrogen-bond donors (Lipinski definition) is 4. The van der Waals surface area contributed by atoms with Gasteiger partial charge in [0.2, 0.25) is 0 Å². The molecule has 9 heteroatoms. The minimum absolute atomic E-state index is 0.103. The van der Waals surface area contributed by atoms with Crippen LogP contribution in [0.3, 0.4) is 0 Å². The first-order valence-corrected chi connectivity index (χ1v) is 11.0. The normalized spacial score (nSPS) is 14.9. The highest BCUT2D eigenvalue weighted by Crippen LogP contribution is 2.23. The van der Waals surface area contributed by atoms with Crippen LogP contribution >= 0.6 is 11.8 Å². The van der Waals surface area contributed by atoms with Gasteiger partial charge in [0.15, 0.2) is 0 Å². The number of aromatic amines is 1. The van der Waals surface area contributed by atoms with E-state index in [1.54, 1.807) is 19.2 Å². The van der Waals surface area contributed by atoms with Gasteiger partial charge in [-0.3, -0.25) is 10.4 Å². The number of H-pyrrole nitrogens is 1. The maximum Gasteiger partial charge on any atom is 0.121 e. The molecule has 0 aliphatic carbocycles. The second kappa shape index (κ2) is 11.1. The van der Waals surface area contributed by atoms with Gasteiger partial charge < -0.3 is 24.7 Å². The second-order valence-electron chi connectivity index (χ2n) is 6.85. The van der Waals surface area contributed by atoms with Crippen LogP contribution in [-0.4, -0.2) is 63.2 Å². The fourth-order valence-corrected chi connectivity index (χ4v) is 3.54. The van der Waals surface area contributed by atoms with E-state index >= 15 is 0 Å². The van der Waals surface area contributed by atoms with Gasteiger partial charge in [-0.15, -0.1) is 11.8 Å². The molecule has 1 aromatic carbocycles. The zero-order chi connectivity index (χ0) is 22.2. The number of nitrogens with zero attached hydrogens (tertiary/aromatic N) is 2. The maximum atomic E-state index is 10.2. The fraction of sp³-hybridized carbons (Fsp3) is 0.318. The Morgan fingerprint density at radius 2 is 2.16 bits per heavy atom. The molecule has 0 saturated heterocycles. The quantitative estimate of drug-likeness (QED) is 0.282. The molecule has 0 aliphatic rings. The van der Waals surface area contributed by atoms with E-state index < -0.39 is 18.3 Å². The van der Waals surface area contributed by atoms with Gasteiger partial charge in [0, 0.05) is 23.3 Å². The van der Waals surface area contributed by atoms with Gasteiger partial charge in [-0.05, 0) is 43.5 Å². The number of hydrogen-bond acceptors (Lipinski definition) is 7. The van der Waals surface area contributed by atoms with Crippen molar-refractivity contribution in [2.75, 3.05) is 19.5 Å². The summed E-state index contributed by atoms with van der Waals surface area (Å²) >= 11 is 1.40. The Hall–Kier alpha value is -2.72. The lowest BCUT2D eigenvalue weighted by atomic mass is 10.2. The summed E-state index contributed by atoms with van der Waals surface area (Å²) in [5.74, 6) is 0.621. The maximum absolute atomic E-state index is 10.2. The molecule has 2 aromatic heterocycles. The van der Waals surface area contributed by atoms with Gasteiger partial charge in [0.25, 0.3) is 0 Å². The largest absolute Gasteiger partial charge is 0.491 e. The highest BCUT2D eigenvalue weighted by Gasteiger charge is 2.24. The molecule has 3 rings (SSSR count). The molecule has 0 unspecified atom stereocenters. The summed E-state index contributed by atoms with van der Waals surface area (Å²) in [6.45, 7) is 1.44. The number of ether oxygens (including phenoxy) is 2. The van der Waals surface area contributed by atoms with Crippen LogP contribution in [0.15, 0.2) is 53.7 Å². The van der Waals surface area contributed by atoms with E-state index in [1.807, 2.05) is 42.7 Å². The minimum Gasteiger partial charge on any atom is -0.491 e. The average molecular weight is 443 g/mol. The highest BCUT2D eigenvalue weighted by molar-refractivity contribution is 8.13. The van der Waals surface area contributed by atoms with Crippen LogP contribution < -0.4 is 4.74 Å². The van der Waals surface area contributed by atoms with Crippen molar-refractivity contribution in [3.05, 3.63) is 60.0 Å². The van der Waals surface area contributed by atoms with Gasteiger partial charge in [0.05, 0.1) is 23.9 Å². The molecule has 3 atom stereocenters. The van der Waals surface area contributed by atoms with Crippen LogP contribution in [0, 0.1) is 5.41 Å². The number of aliphatic imine (C=N–C) groups is 1. The van der Waals surface area contributed by atoms with Crippen LogP contribution in [0.4, 0.5) is 0 Å². The van der Waals surface area contributed by atoms with E-state index in [2.05, 4.69) is 15.0 Å². The van der Waals surface area contributed by atoms with Gasteiger partial charge in [-0.1, -0.05) is 6.07 Å². The molecule has 3 aromatic rings. The Balaban J connectivity index is 1.69. The van der Waals surface area contributed by atoms with Crippen molar-refractivity contribution in [3.63, 3.8) is 0 Å². The van der Waals surface area contributed by atoms with Crippen molar-refractivity contribution >= 4 is 34.0 Å². The molecule has 31 heavy (non-hydrogen) atoms. The van der Waals surface area contributed by atoms with Crippen LogP contribution in [-0.2, 0) is 4.74 Å². The first-order valence-electron chi connectivity index (χ1n) is 9.77. The number of pyridine rings is 1. The summed E-state index contributed by atoms with van der Waals surface area (Å²) in [7, 11) is 0. The highest BCUT2D eigenvalue weighted by atomic mass is 32.2. The Kier molecular flexibility index (Phi) is 8.19. The molecule has 164 valence electrons. The summed E-state index contributed by atoms with van der Waals surface area (Å²) in [5, 5.41) is 28.9. The van der Waals surface area contributed by atoms with E-state index in [-0.39, 0.29) is 13.2 Å². The molecule has 0 bridgehead atoms. The van der Waals surface area contributed by atoms with Crippen molar-refractivity contribution in [1.82, 2.24) is 9.97 Å². The van der Waals surface area contributed by atoms with E-state index in [9.17, 15) is 10.2 Å². The lowest BCUT2D eigenvalue weighted by Crippen LogP contribution is -2.34. The summed E-state index contributed by atoms with van der Waals surface area (Å²) in [4.78, 5) is 11.5. The Bertz CT molecular complexity index is 1040. The number of nitrogens with one attached hydrogen (secondary N) is 2. The zero-order valence-corrected chi connectivity index (χ0v) is 18.2. The topological polar surface area (TPSA) is 124 Å². The summed E-state index contributed by atoms with van der Waals surface area (Å²) in [6.07, 6.45) is 2.40. The van der Waals surface area contributed by atoms with Crippen molar-refractivity contribution in [3.8, 4) is 5.75 Å². The van der Waals surface area contributed by atoms with E-state index in [1.165, 1.54) is 11.8 Å². The van der Waals surface area contributed by atoms with Crippen LogP contribution in [0.2, 0.25) is 0 Å². The number of rotatable bonds is 10. The number of aliphatic hydroxyl groups excluding tert-OH is 2. The standard InChI is InChI=1S/C22H26N4O4S/c1-14(28)21(12-29-16-6-5-15-4-3-9-24-19(15)10-16)30-20(11-27)17-7-8-18(26-17)22(31-2)25-13-23/h3-10,13-14,20-21,23,26-28H,11-12H2,1-2H3/b23-13?,25-22+/t14-,20+,21+/m0/s1.